The molecule has 100 heavy (non-hydrogen) atoms. The van der Waals surface area contributed by atoms with Crippen molar-refractivity contribution in [3.8, 4) is 11.1 Å². The Bertz CT molecular complexity index is 3980. The van der Waals surface area contributed by atoms with Crippen LogP contribution in [0.3, 0.4) is 0 Å². The first-order valence-electron chi connectivity index (χ1n) is 34.1. The van der Waals surface area contributed by atoms with Crippen molar-refractivity contribution in [3.05, 3.63) is 184 Å². The lowest BCUT2D eigenvalue weighted by atomic mass is 9.72. The zero-order valence-electron chi connectivity index (χ0n) is 56.3. The molecule has 3 fully saturated rings. The van der Waals surface area contributed by atoms with E-state index in [-0.39, 0.29) is 55.5 Å². The molecule has 25 heteroatoms. The Morgan fingerprint density at radius 2 is 1.36 bits per heavy atom. The number of likely N-dealkylation sites (N-methyl/N-ethyl adjacent to an activating group) is 2. The van der Waals surface area contributed by atoms with E-state index in [9.17, 15) is 59.8 Å². The Labute approximate surface area is 581 Å². The zero-order chi connectivity index (χ0) is 70.9. The van der Waals surface area contributed by atoms with Crippen molar-refractivity contribution in [3.63, 3.8) is 0 Å². The summed E-state index contributed by atoms with van der Waals surface area (Å²) in [5.74, 6) is -1.87. The van der Waals surface area contributed by atoms with E-state index in [1.165, 1.54) is 40.5 Å². The number of likely N-dealkylation sites (tertiary alicyclic amines) is 2. The maximum absolute atomic E-state index is 14.3. The minimum Gasteiger partial charge on any atom is -0.465 e. The minimum atomic E-state index is -5.15. The number of nitrogens with zero attached hydrogens (tertiary/aromatic N) is 8. The number of piperidine rings is 2. The number of rotatable bonds is 26. The van der Waals surface area contributed by atoms with Crippen molar-refractivity contribution >= 4 is 62.1 Å². The van der Waals surface area contributed by atoms with E-state index in [4.69, 9.17) is 14.5 Å². The zero-order valence-corrected chi connectivity index (χ0v) is 57.2. The maximum atomic E-state index is 14.3. The number of hydrogen-bond acceptors (Lipinski definition) is 12. The Hall–Kier alpha value is -8.49. The second kappa shape index (κ2) is 31.6. The van der Waals surface area contributed by atoms with Gasteiger partial charge in [-0.15, -0.1) is 0 Å². The summed E-state index contributed by atoms with van der Waals surface area (Å²) in [5, 5.41) is 14.5. The third-order valence-electron chi connectivity index (χ3n) is 20.3. The number of para-hydroxylation sites is 1. The fourth-order valence-electron chi connectivity index (χ4n) is 14.5. The summed E-state index contributed by atoms with van der Waals surface area (Å²) in [7, 11) is 5.29. The highest BCUT2D eigenvalue weighted by Crippen LogP contribution is 2.49. The first-order valence-corrected chi connectivity index (χ1v) is 34.9. The van der Waals surface area contributed by atoms with Gasteiger partial charge in [0.1, 0.15) is 24.8 Å². The molecule has 532 valence electrons. The molecule has 4 aliphatic rings. The van der Waals surface area contributed by atoms with Crippen LogP contribution in [0.2, 0.25) is 0 Å². The molecule has 4 heterocycles. The third-order valence-corrected chi connectivity index (χ3v) is 21.3. The molecule has 3 aliphatic heterocycles. The van der Waals surface area contributed by atoms with Crippen LogP contribution < -0.4 is 10.2 Å². The van der Waals surface area contributed by atoms with Crippen molar-refractivity contribution in [2.45, 2.75) is 106 Å². The molecule has 3 saturated heterocycles. The lowest BCUT2D eigenvalue weighted by Crippen LogP contribution is -2.50. The van der Waals surface area contributed by atoms with E-state index < -0.39 is 64.6 Å². The Morgan fingerprint density at radius 3 is 2.07 bits per heavy atom. The summed E-state index contributed by atoms with van der Waals surface area (Å²) < 4.78 is 111. The van der Waals surface area contributed by atoms with Crippen molar-refractivity contribution in [2.75, 3.05) is 117 Å². The van der Waals surface area contributed by atoms with E-state index in [0.29, 0.717) is 120 Å². The van der Waals surface area contributed by atoms with Crippen LogP contribution in [0.4, 0.5) is 46.3 Å². The minimum absolute atomic E-state index is 0.0294. The topological polar surface area (TPSA) is 172 Å². The lowest BCUT2D eigenvalue weighted by Gasteiger charge is -2.44. The number of aromatic nitrogens is 1. The van der Waals surface area contributed by atoms with Gasteiger partial charge in [0.05, 0.1) is 39.7 Å². The summed E-state index contributed by atoms with van der Waals surface area (Å²) in [6.45, 7) is 5.08. The average Bonchev–Trinajstić information content (AvgIpc) is 1.61. The van der Waals surface area contributed by atoms with Gasteiger partial charge in [0.2, 0.25) is 11.8 Å². The quantitative estimate of drug-likeness (QED) is 0.0389. The van der Waals surface area contributed by atoms with Gasteiger partial charge in [0.15, 0.2) is 5.13 Å². The molecular formula is C75H84F7N9O8S. The molecule has 1 spiro atoms. The fourth-order valence-corrected chi connectivity index (χ4v) is 15.4. The summed E-state index contributed by atoms with van der Waals surface area (Å²) >= 11 is 1.47. The van der Waals surface area contributed by atoms with Crippen molar-refractivity contribution in [1.29, 1.82) is 0 Å². The summed E-state index contributed by atoms with van der Waals surface area (Å²) in [6.07, 6.45) is -4.55. The summed E-state index contributed by atoms with van der Waals surface area (Å²) in [4.78, 5) is 83.9. The van der Waals surface area contributed by atoms with Crippen LogP contribution in [0, 0.1) is 5.82 Å². The van der Waals surface area contributed by atoms with Gasteiger partial charge < -0.3 is 49.3 Å². The number of alkyl halides is 6. The van der Waals surface area contributed by atoms with Gasteiger partial charge in [-0.25, -0.2) is 14.2 Å². The van der Waals surface area contributed by atoms with Crippen LogP contribution in [-0.4, -0.2) is 188 Å². The number of nitrogens with one attached hydrogen (secondary N) is 1. The number of thiazole rings is 1. The van der Waals surface area contributed by atoms with Gasteiger partial charge in [-0.3, -0.25) is 24.1 Å². The number of halogens is 7. The SMILES string of the molecule is CN(CCN1CCC(N(C(=O)O)c2ccccc2-c2ccccc2)CC1)C(=O)CCCCCNc1nc2ccc(C(=O)N(C)CCCN(C)C(=O)CO[C@H]3Cc4ccccc4C34CCN(CC[C@@]3(c5ccc(F)cc5)CN(C(=O)c5cc(C(F)(F)F)cc(C(F)(F)F)c5)CO3)CC4)cc2s1. The third kappa shape index (κ3) is 17.1. The van der Waals surface area contributed by atoms with Gasteiger partial charge in [0.25, 0.3) is 11.8 Å². The number of ether oxygens (including phenoxy) is 2. The number of anilines is 2. The van der Waals surface area contributed by atoms with E-state index in [2.05, 4.69) is 27.2 Å². The number of unbranched alkanes of at least 4 members (excludes halogenated alkanes) is 2. The van der Waals surface area contributed by atoms with E-state index in [0.717, 1.165) is 81.4 Å². The highest BCUT2D eigenvalue weighted by molar-refractivity contribution is 7.22. The van der Waals surface area contributed by atoms with Crippen LogP contribution in [0.5, 0.6) is 0 Å². The number of carbonyl (C=O) groups is 5. The van der Waals surface area contributed by atoms with Crippen LogP contribution >= 0.6 is 11.3 Å². The van der Waals surface area contributed by atoms with Crippen LogP contribution in [0.15, 0.2) is 140 Å². The van der Waals surface area contributed by atoms with Gasteiger partial charge >= 0.3 is 18.4 Å². The van der Waals surface area contributed by atoms with Crippen LogP contribution in [-0.2, 0) is 48.9 Å². The summed E-state index contributed by atoms with van der Waals surface area (Å²) in [5.41, 5.74) is 0.931. The van der Waals surface area contributed by atoms with E-state index >= 15 is 0 Å². The predicted octanol–water partition coefficient (Wildman–Crippen LogP) is 13.5. The molecule has 0 radical (unpaired) electrons. The Balaban J connectivity index is 0.587. The maximum Gasteiger partial charge on any atom is 0.416 e. The number of hydrogen-bond donors (Lipinski definition) is 2. The van der Waals surface area contributed by atoms with Gasteiger partial charge in [-0.05, 0) is 148 Å². The van der Waals surface area contributed by atoms with Crippen LogP contribution in [0.25, 0.3) is 21.3 Å². The number of benzene rings is 6. The molecule has 0 saturated carbocycles. The van der Waals surface area contributed by atoms with Gasteiger partial charge in [-0.1, -0.05) is 103 Å². The highest BCUT2D eigenvalue weighted by atomic mass is 32.1. The normalized spacial score (nSPS) is 18.1. The molecule has 0 unspecified atom stereocenters. The van der Waals surface area contributed by atoms with E-state index in [1.54, 1.807) is 34.9 Å². The molecule has 1 aromatic heterocycles. The molecule has 1 aliphatic carbocycles. The number of carboxylic acid groups (broad SMARTS) is 1. The number of amides is 5. The molecule has 2 N–H and O–H groups in total. The highest BCUT2D eigenvalue weighted by Gasteiger charge is 2.50. The summed E-state index contributed by atoms with van der Waals surface area (Å²) in [6, 6.07) is 37.2. The van der Waals surface area contributed by atoms with E-state index in [1.807, 2.05) is 85.9 Å². The molecule has 7 aromatic rings. The largest absolute Gasteiger partial charge is 0.465 e. The second-order valence-corrected chi connectivity index (χ2v) is 27.8. The van der Waals surface area contributed by atoms with Gasteiger partial charge in [-0.2, -0.15) is 26.3 Å². The number of fused-ring (bicyclic) bond motifs is 3. The molecule has 0 bridgehead atoms. The van der Waals surface area contributed by atoms with Crippen LogP contribution in [0.1, 0.15) is 113 Å². The Kier molecular flexibility index (Phi) is 23.0. The molecule has 5 amide bonds. The van der Waals surface area contributed by atoms with Crippen molar-refractivity contribution in [1.82, 2.24) is 34.4 Å². The predicted molar refractivity (Wildman–Crippen MR) is 369 cm³/mol. The fraction of sp³-hybridized carbons (Fsp3) is 0.440. The Morgan fingerprint density at radius 1 is 0.700 bits per heavy atom. The average molecular weight is 1400 g/mol. The standard InChI is InChI=1S/C75H84F7N9O8S/c1-85(67(93)48-98-65-46-52-17-9-11-19-61(52)72(65)30-38-89(39-31-72)40-32-73(55-23-25-58(76)26-24-55)49-90(50-99-73)69(95)54-43-56(74(77,78)79)47-57(44-54)75(80,81)82)34-14-35-87(3)68(94)53-22-27-62-64(45-53)100-70(84-62)83-33-13-5-8-21-66(92)86(2)41-42-88-36-28-59(29-37-88)91(71(96)97)63-20-12-10-18-60(63)51-15-6-4-7-16-51/h4,6-7,9-12,15-20,22-27,43-45,47,59,65H,5,8,13-14,21,28-42,46,48-50H2,1-3H3,(H,83,84)(H,96,97)/t65-,73-/m0/s1. The molecule has 17 nitrogen and oxygen atoms in total. The number of carbonyl (C=O) groups excluding carboxylic acids is 4. The monoisotopic (exact) mass is 1400 g/mol. The lowest BCUT2D eigenvalue weighted by molar-refractivity contribution is -0.143. The van der Waals surface area contributed by atoms with Crippen molar-refractivity contribution < 1.29 is 69.3 Å². The smallest absolute Gasteiger partial charge is 0.416 e. The molecule has 11 rings (SSSR count). The first kappa shape index (κ1) is 72.8. The molecular weight excluding hydrogens is 1320 g/mol. The van der Waals surface area contributed by atoms with Crippen molar-refractivity contribution in [2.24, 2.45) is 0 Å². The molecule has 2 atom stereocenters. The molecule has 6 aromatic carbocycles. The first-order chi connectivity index (χ1) is 47.9. The second-order valence-electron chi connectivity index (χ2n) is 26.7. The van der Waals surface area contributed by atoms with Gasteiger partial charge in [0, 0.05) is 108 Å².